The fourth-order valence-electron chi connectivity index (χ4n) is 3.71. The number of rotatable bonds is 3. The van der Waals surface area contributed by atoms with Crippen molar-refractivity contribution in [2.45, 2.75) is 13.3 Å². The number of carbonyl (C=O) groups excluding carboxylic acids is 1. The largest absolute Gasteiger partial charge is 0.423 e. The first-order valence-electron chi connectivity index (χ1n) is 9.95. The second-order valence-corrected chi connectivity index (χ2v) is 7.44. The van der Waals surface area contributed by atoms with Gasteiger partial charge in [-0.05, 0) is 25.5 Å². The fourth-order valence-corrected chi connectivity index (χ4v) is 3.71. The van der Waals surface area contributed by atoms with Crippen molar-refractivity contribution in [1.82, 2.24) is 24.8 Å². The lowest BCUT2D eigenvalue weighted by Gasteiger charge is -2.20. The van der Waals surface area contributed by atoms with Crippen LogP contribution in [0.2, 0.25) is 0 Å². The van der Waals surface area contributed by atoms with E-state index in [1.807, 2.05) is 38.2 Å². The topological polar surface area (TPSA) is 93.4 Å². The van der Waals surface area contributed by atoms with Gasteiger partial charge >= 0.3 is 0 Å². The molecule has 9 nitrogen and oxygen atoms in total. The molecule has 1 saturated heterocycles. The van der Waals surface area contributed by atoms with Crippen molar-refractivity contribution in [3.8, 4) is 11.3 Å². The van der Waals surface area contributed by atoms with E-state index < -0.39 is 0 Å². The van der Waals surface area contributed by atoms with E-state index >= 15 is 0 Å². The van der Waals surface area contributed by atoms with E-state index in [0.29, 0.717) is 37.1 Å². The lowest BCUT2D eigenvalue weighted by molar-refractivity contribution is 0.0756. The number of aromatic nitrogens is 4. The predicted molar refractivity (Wildman–Crippen MR) is 110 cm³/mol. The highest BCUT2D eigenvalue weighted by Gasteiger charge is 2.25. The monoisotopic (exact) mass is 406 g/mol. The molecule has 0 radical (unpaired) electrons. The normalized spacial score (nSPS) is 15.0. The smallest absolute Gasteiger partial charge is 0.298 e. The Morgan fingerprint density at radius 3 is 2.80 bits per heavy atom. The van der Waals surface area contributed by atoms with Gasteiger partial charge in [0.25, 0.3) is 11.9 Å². The lowest BCUT2D eigenvalue weighted by atomic mass is 10.2. The molecule has 154 valence electrons. The number of anilines is 1. The summed E-state index contributed by atoms with van der Waals surface area (Å²) in [4.78, 5) is 21.5. The Morgan fingerprint density at radius 2 is 2.00 bits per heavy atom. The molecular weight excluding hydrogens is 384 g/mol. The number of benzene rings is 1. The Balaban J connectivity index is 1.30. The SMILES string of the molecule is Cc1c(-c2cc(C(=O)N3CCCN(c4nc5ccccc5o4)CC3)no2)cnn1C. The maximum absolute atomic E-state index is 13.0. The zero-order valence-corrected chi connectivity index (χ0v) is 16.9. The van der Waals surface area contributed by atoms with Crippen LogP contribution in [-0.2, 0) is 7.05 Å². The zero-order chi connectivity index (χ0) is 20.7. The second kappa shape index (κ2) is 7.33. The van der Waals surface area contributed by atoms with Crippen LogP contribution < -0.4 is 4.90 Å². The van der Waals surface area contributed by atoms with E-state index in [1.165, 1.54) is 0 Å². The molecule has 1 aliphatic rings. The summed E-state index contributed by atoms with van der Waals surface area (Å²) < 4.78 is 13.1. The average Bonchev–Trinajstić information content (AvgIpc) is 3.43. The Morgan fingerprint density at radius 1 is 1.13 bits per heavy atom. The molecule has 0 saturated carbocycles. The third-order valence-electron chi connectivity index (χ3n) is 5.57. The number of oxazole rings is 1. The van der Waals surface area contributed by atoms with Gasteiger partial charge in [-0.3, -0.25) is 9.48 Å². The quantitative estimate of drug-likeness (QED) is 0.516. The first kappa shape index (κ1) is 18.4. The van der Waals surface area contributed by atoms with E-state index in [0.717, 1.165) is 35.3 Å². The molecule has 9 heteroatoms. The van der Waals surface area contributed by atoms with Crippen LogP contribution in [0.3, 0.4) is 0 Å². The summed E-state index contributed by atoms with van der Waals surface area (Å²) in [5.74, 6) is 0.415. The summed E-state index contributed by atoms with van der Waals surface area (Å²) in [6.07, 6.45) is 2.53. The Hall–Kier alpha value is -3.62. The summed E-state index contributed by atoms with van der Waals surface area (Å²) in [5.41, 5.74) is 3.70. The minimum absolute atomic E-state index is 0.133. The lowest BCUT2D eigenvalue weighted by Crippen LogP contribution is -2.35. The maximum Gasteiger partial charge on any atom is 0.298 e. The van der Waals surface area contributed by atoms with Crippen molar-refractivity contribution >= 4 is 23.0 Å². The van der Waals surface area contributed by atoms with Gasteiger partial charge in [-0.1, -0.05) is 17.3 Å². The number of aryl methyl sites for hydroxylation is 1. The standard InChI is InChI=1S/C21H22N6O3/c1-14-15(13-22-25(14)2)19-12-17(24-30-19)20(28)26-8-5-9-27(11-10-26)21-23-16-6-3-4-7-18(16)29-21/h3-4,6-7,12-13H,5,8-11H2,1-2H3. The first-order valence-corrected chi connectivity index (χ1v) is 9.95. The van der Waals surface area contributed by atoms with Crippen LogP contribution in [0.4, 0.5) is 6.01 Å². The summed E-state index contributed by atoms with van der Waals surface area (Å²) in [6, 6.07) is 10.0. The van der Waals surface area contributed by atoms with Gasteiger partial charge in [-0.15, -0.1) is 0 Å². The highest BCUT2D eigenvalue weighted by Crippen LogP contribution is 2.25. The summed E-state index contributed by atoms with van der Waals surface area (Å²) in [5, 5.41) is 8.22. The molecule has 0 aliphatic carbocycles. The van der Waals surface area contributed by atoms with E-state index in [1.54, 1.807) is 21.8 Å². The molecule has 1 fully saturated rings. The number of hydrogen-bond donors (Lipinski definition) is 0. The van der Waals surface area contributed by atoms with Gasteiger partial charge in [0.15, 0.2) is 17.0 Å². The molecule has 4 heterocycles. The Labute approximate surface area is 172 Å². The minimum atomic E-state index is -0.133. The molecule has 0 atom stereocenters. The Kier molecular flexibility index (Phi) is 4.50. The van der Waals surface area contributed by atoms with Gasteiger partial charge in [0.2, 0.25) is 0 Å². The van der Waals surface area contributed by atoms with Crippen molar-refractivity contribution < 1.29 is 13.7 Å². The molecule has 5 rings (SSSR count). The predicted octanol–water partition coefficient (Wildman–Crippen LogP) is 2.88. The van der Waals surface area contributed by atoms with E-state index in [4.69, 9.17) is 8.94 Å². The molecule has 0 unspecified atom stereocenters. The number of hydrogen-bond acceptors (Lipinski definition) is 7. The molecule has 3 aromatic heterocycles. The van der Waals surface area contributed by atoms with Gasteiger partial charge in [-0.25, -0.2) is 0 Å². The van der Waals surface area contributed by atoms with Crippen LogP contribution in [0.1, 0.15) is 22.6 Å². The van der Waals surface area contributed by atoms with Crippen LogP contribution in [0.15, 0.2) is 45.5 Å². The summed E-state index contributed by atoms with van der Waals surface area (Å²) in [6.45, 7) is 4.57. The van der Waals surface area contributed by atoms with Gasteiger partial charge in [-0.2, -0.15) is 10.1 Å². The number of para-hydroxylation sites is 2. The van der Waals surface area contributed by atoms with Crippen molar-refractivity contribution in [3.63, 3.8) is 0 Å². The zero-order valence-electron chi connectivity index (χ0n) is 16.9. The highest BCUT2D eigenvalue weighted by atomic mass is 16.5. The second-order valence-electron chi connectivity index (χ2n) is 7.44. The number of amides is 1. The van der Waals surface area contributed by atoms with Crippen molar-refractivity contribution in [2.24, 2.45) is 7.05 Å². The van der Waals surface area contributed by atoms with E-state index in [2.05, 4.69) is 20.1 Å². The van der Waals surface area contributed by atoms with Crippen molar-refractivity contribution in [2.75, 3.05) is 31.1 Å². The first-order chi connectivity index (χ1) is 14.6. The molecule has 0 spiro atoms. The van der Waals surface area contributed by atoms with Crippen LogP contribution in [0, 0.1) is 6.92 Å². The third-order valence-corrected chi connectivity index (χ3v) is 5.57. The van der Waals surface area contributed by atoms with Crippen LogP contribution >= 0.6 is 0 Å². The molecule has 30 heavy (non-hydrogen) atoms. The number of fused-ring (bicyclic) bond motifs is 1. The van der Waals surface area contributed by atoms with Gasteiger partial charge in [0.1, 0.15) is 5.52 Å². The molecule has 0 bridgehead atoms. The highest BCUT2D eigenvalue weighted by molar-refractivity contribution is 5.93. The van der Waals surface area contributed by atoms with Crippen LogP contribution in [0.5, 0.6) is 0 Å². The summed E-state index contributed by atoms with van der Waals surface area (Å²) >= 11 is 0. The fraction of sp³-hybridized carbons (Fsp3) is 0.333. The van der Waals surface area contributed by atoms with Crippen LogP contribution in [-0.4, -0.2) is 56.9 Å². The van der Waals surface area contributed by atoms with E-state index in [-0.39, 0.29) is 5.91 Å². The van der Waals surface area contributed by atoms with Crippen molar-refractivity contribution in [1.29, 1.82) is 0 Å². The summed E-state index contributed by atoms with van der Waals surface area (Å²) in [7, 11) is 1.86. The molecule has 1 aromatic carbocycles. The maximum atomic E-state index is 13.0. The van der Waals surface area contributed by atoms with Gasteiger partial charge in [0, 0.05) is 45.0 Å². The molecular formula is C21H22N6O3. The van der Waals surface area contributed by atoms with Gasteiger partial charge in [0.05, 0.1) is 11.8 Å². The van der Waals surface area contributed by atoms with Gasteiger partial charge < -0.3 is 18.7 Å². The molecule has 0 N–H and O–H groups in total. The minimum Gasteiger partial charge on any atom is -0.423 e. The Bertz CT molecular complexity index is 1170. The number of nitrogens with zero attached hydrogens (tertiary/aromatic N) is 6. The average molecular weight is 406 g/mol. The van der Waals surface area contributed by atoms with Crippen molar-refractivity contribution in [3.05, 3.63) is 47.9 Å². The molecule has 4 aromatic rings. The number of carbonyl (C=O) groups is 1. The molecule has 1 amide bonds. The molecule has 1 aliphatic heterocycles. The third kappa shape index (κ3) is 3.22. The van der Waals surface area contributed by atoms with Crippen LogP contribution in [0.25, 0.3) is 22.4 Å². The van der Waals surface area contributed by atoms with E-state index in [9.17, 15) is 4.79 Å².